The summed E-state index contributed by atoms with van der Waals surface area (Å²) in [5.74, 6) is -2.99. The summed E-state index contributed by atoms with van der Waals surface area (Å²) in [6, 6.07) is 16.0. The Kier molecular flexibility index (Phi) is 5.50. The Bertz CT molecular complexity index is 1520. The van der Waals surface area contributed by atoms with E-state index in [1.807, 2.05) is 23.1 Å². The number of imide groups is 1. The van der Waals surface area contributed by atoms with Gasteiger partial charge in [0.05, 0.1) is 28.5 Å². The molecule has 6 rings (SSSR count). The van der Waals surface area contributed by atoms with Crippen LogP contribution in [0, 0.1) is 22.0 Å². The first kappa shape index (κ1) is 23.6. The lowest BCUT2D eigenvalue weighted by atomic mass is 9.86. The maximum Gasteiger partial charge on any atom is 0.269 e. The molecule has 37 heavy (non-hydrogen) atoms. The van der Waals surface area contributed by atoms with Crippen LogP contribution in [0.5, 0.6) is 0 Å². The van der Waals surface area contributed by atoms with Crippen molar-refractivity contribution in [2.45, 2.75) is 12.1 Å². The molecule has 0 N–H and O–H groups in total. The van der Waals surface area contributed by atoms with Crippen molar-refractivity contribution >= 4 is 68.3 Å². The van der Waals surface area contributed by atoms with Gasteiger partial charge in [-0.05, 0) is 42.0 Å². The molecule has 3 aromatic rings. The Balaban J connectivity index is 1.47. The maximum atomic E-state index is 14.0. The molecule has 8 nitrogen and oxygen atoms in total. The zero-order chi connectivity index (χ0) is 26.0. The Hall–Kier alpha value is -3.82. The predicted molar refractivity (Wildman–Crippen MR) is 142 cm³/mol. The molecule has 0 saturated carbocycles. The van der Waals surface area contributed by atoms with E-state index < -0.39 is 40.7 Å². The van der Waals surface area contributed by atoms with Crippen molar-refractivity contribution in [2.75, 3.05) is 9.80 Å². The second-order valence-electron chi connectivity index (χ2n) is 9.11. The lowest BCUT2D eigenvalue weighted by Crippen LogP contribution is -2.48. The van der Waals surface area contributed by atoms with Crippen LogP contribution in [0.2, 0.25) is 5.02 Å². The topological polar surface area (TPSA) is 101 Å². The number of nitro groups is 1. The molecule has 2 fully saturated rings. The molecule has 0 aromatic heterocycles. The van der Waals surface area contributed by atoms with E-state index >= 15 is 0 Å². The van der Waals surface area contributed by atoms with Gasteiger partial charge in [-0.3, -0.25) is 24.5 Å². The molecule has 0 unspecified atom stereocenters. The Morgan fingerprint density at radius 2 is 1.62 bits per heavy atom. The number of non-ortho nitro benzene ring substituents is 1. The van der Waals surface area contributed by atoms with E-state index in [2.05, 4.69) is 15.9 Å². The fourth-order valence-corrected chi connectivity index (χ4v) is 6.02. The monoisotopic (exact) mass is 577 g/mol. The largest absolute Gasteiger partial charge is 0.352 e. The average molecular weight is 579 g/mol. The lowest BCUT2D eigenvalue weighted by molar-refractivity contribution is -0.384. The number of anilines is 2. The van der Waals surface area contributed by atoms with Crippen LogP contribution in [0.15, 0.2) is 77.3 Å². The van der Waals surface area contributed by atoms with E-state index in [9.17, 15) is 24.5 Å². The number of hydrogen-bond donors (Lipinski definition) is 0. The molecule has 3 aliphatic rings. The number of nitro benzene ring substituents is 1. The number of Topliss-reactive ketones (excluding diaryl/α,β-unsaturated/α-hetero) is 1. The molecule has 184 valence electrons. The zero-order valence-electron chi connectivity index (χ0n) is 19.0. The Morgan fingerprint density at radius 3 is 2.30 bits per heavy atom. The van der Waals surface area contributed by atoms with Gasteiger partial charge in [0.2, 0.25) is 11.8 Å². The number of carbonyl (C=O) groups excluding carboxylic acids is 3. The van der Waals surface area contributed by atoms with Crippen LogP contribution < -0.4 is 9.80 Å². The lowest BCUT2D eigenvalue weighted by Gasteiger charge is -2.36. The number of rotatable bonds is 4. The summed E-state index contributed by atoms with van der Waals surface area (Å²) in [4.78, 5) is 55.1. The van der Waals surface area contributed by atoms with Gasteiger partial charge in [0.15, 0.2) is 5.78 Å². The number of hydrogen-bond acceptors (Lipinski definition) is 6. The van der Waals surface area contributed by atoms with Crippen LogP contribution in [-0.2, 0) is 9.59 Å². The number of nitrogens with zero attached hydrogens (tertiary/aromatic N) is 3. The molecule has 10 heteroatoms. The van der Waals surface area contributed by atoms with Crippen LogP contribution in [0.4, 0.5) is 17.1 Å². The normalized spacial score (nSPS) is 23.6. The zero-order valence-corrected chi connectivity index (χ0v) is 21.3. The van der Waals surface area contributed by atoms with Crippen molar-refractivity contribution in [3.63, 3.8) is 0 Å². The summed E-state index contributed by atoms with van der Waals surface area (Å²) in [6.07, 6.45) is 3.73. The smallest absolute Gasteiger partial charge is 0.269 e. The standard InChI is InChI=1S/C27H17BrClN3O5/c28-16-5-1-15(2-6-16)25(33)24-23-22(20-12-4-14-3-7-17(29)13-21(14)31(20)24)26(34)30(27(23)35)18-8-10-19(11-9-18)32(36)37/h1-13,20,22-24H/t20-,22-,23-,24+/m0/s1. The van der Waals surface area contributed by atoms with Crippen LogP contribution in [0.1, 0.15) is 15.9 Å². The van der Waals surface area contributed by atoms with Gasteiger partial charge >= 0.3 is 0 Å². The molecule has 3 heterocycles. The number of benzene rings is 3. The molecule has 3 aromatic carbocycles. The van der Waals surface area contributed by atoms with Gasteiger partial charge < -0.3 is 4.90 Å². The van der Waals surface area contributed by atoms with Crippen molar-refractivity contribution in [1.29, 1.82) is 0 Å². The minimum Gasteiger partial charge on any atom is -0.352 e. The summed E-state index contributed by atoms with van der Waals surface area (Å²) in [5, 5.41) is 11.5. The van der Waals surface area contributed by atoms with E-state index in [4.69, 9.17) is 11.6 Å². The van der Waals surface area contributed by atoms with E-state index in [-0.39, 0.29) is 17.2 Å². The number of carbonyl (C=O) groups is 3. The van der Waals surface area contributed by atoms with Crippen molar-refractivity contribution in [3.05, 3.63) is 104 Å². The molecule has 0 bridgehead atoms. The molecular weight excluding hydrogens is 562 g/mol. The number of amides is 2. The fraction of sp³-hybridized carbons (Fsp3) is 0.148. The third-order valence-corrected chi connectivity index (χ3v) is 7.95. The van der Waals surface area contributed by atoms with E-state index in [0.29, 0.717) is 16.3 Å². The van der Waals surface area contributed by atoms with Crippen LogP contribution in [0.3, 0.4) is 0 Å². The molecular formula is C27H17BrClN3O5. The van der Waals surface area contributed by atoms with E-state index in [1.54, 1.807) is 36.4 Å². The molecule has 2 saturated heterocycles. The first-order valence-electron chi connectivity index (χ1n) is 11.4. The van der Waals surface area contributed by atoms with E-state index in [1.165, 1.54) is 24.3 Å². The third kappa shape index (κ3) is 3.60. The summed E-state index contributed by atoms with van der Waals surface area (Å²) < 4.78 is 0.806. The third-order valence-electron chi connectivity index (χ3n) is 7.19. The molecule has 4 atom stereocenters. The van der Waals surface area contributed by atoms with Crippen LogP contribution in [0.25, 0.3) is 6.08 Å². The van der Waals surface area contributed by atoms with Crippen LogP contribution in [-0.4, -0.2) is 34.6 Å². The SMILES string of the molecule is O=C(c1ccc(Br)cc1)[C@H]1[C@H]2C(=O)N(c3ccc([N+](=O)[O-])cc3)C(=O)[C@H]2[C@@H]2C=Cc3ccc(Cl)cc3N21. The van der Waals surface area contributed by atoms with Gasteiger partial charge in [-0.25, -0.2) is 4.90 Å². The highest BCUT2D eigenvalue weighted by Crippen LogP contribution is 2.50. The average Bonchev–Trinajstić information content (AvgIpc) is 3.36. The van der Waals surface area contributed by atoms with Crippen molar-refractivity contribution in [2.24, 2.45) is 11.8 Å². The molecule has 0 aliphatic carbocycles. The number of fused-ring (bicyclic) bond motifs is 5. The van der Waals surface area contributed by atoms with Crippen molar-refractivity contribution in [3.8, 4) is 0 Å². The van der Waals surface area contributed by atoms with Crippen molar-refractivity contribution in [1.82, 2.24) is 0 Å². The Morgan fingerprint density at radius 1 is 0.946 bits per heavy atom. The molecule has 2 amide bonds. The van der Waals surface area contributed by atoms with E-state index in [0.717, 1.165) is 14.9 Å². The summed E-state index contributed by atoms with van der Waals surface area (Å²) >= 11 is 9.69. The highest BCUT2D eigenvalue weighted by molar-refractivity contribution is 9.10. The second kappa shape index (κ2) is 8.64. The van der Waals surface area contributed by atoms with Gasteiger partial charge in [-0.1, -0.05) is 57.9 Å². The minimum absolute atomic E-state index is 0.152. The quantitative estimate of drug-likeness (QED) is 0.181. The molecule has 3 aliphatic heterocycles. The number of ketones is 1. The second-order valence-corrected chi connectivity index (χ2v) is 10.5. The fourth-order valence-electron chi connectivity index (χ4n) is 5.59. The van der Waals surface area contributed by atoms with Crippen LogP contribution >= 0.6 is 27.5 Å². The molecule has 0 radical (unpaired) electrons. The van der Waals surface area contributed by atoms with Gasteiger partial charge in [-0.2, -0.15) is 0 Å². The van der Waals surface area contributed by atoms with Gasteiger partial charge in [-0.15, -0.1) is 0 Å². The maximum absolute atomic E-state index is 14.0. The summed E-state index contributed by atoms with van der Waals surface area (Å²) in [7, 11) is 0. The van der Waals surface area contributed by atoms with Gasteiger partial charge in [0.1, 0.15) is 6.04 Å². The Labute approximate surface area is 224 Å². The molecule has 0 spiro atoms. The van der Waals surface area contributed by atoms with Gasteiger partial charge in [0.25, 0.3) is 5.69 Å². The summed E-state index contributed by atoms with van der Waals surface area (Å²) in [5.41, 5.74) is 2.02. The first-order valence-corrected chi connectivity index (χ1v) is 12.6. The highest BCUT2D eigenvalue weighted by Gasteiger charge is 2.64. The highest BCUT2D eigenvalue weighted by atomic mass is 79.9. The summed E-state index contributed by atoms with van der Waals surface area (Å²) in [6.45, 7) is 0. The van der Waals surface area contributed by atoms with Crippen molar-refractivity contribution < 1.29 is 19.3 Å². The minimum atomic E-state index is -0.946. The predicted octanol–water partition coefficient (Wildman–Crippen LogP) is 5.28. The first-order chi connectivity index (χ1) is 17.8. The number of halogens is 2. The van der Waals surface area contributed by atoms with Gasteiger partial charge in [0, 0.05) is 32.9 Å².